The van der Waals surface area contributed by atoms with Crippen molar-refractivity contribution < 1.29 is 4.74 Å². The summed E-state index contributed by atoms with van der Waals surface area (Å²) in [6.45, 7) is 2.73. The van der Waals surface area contributed by atoms with Gasteiger partial charge >= 0.3 is 0 Å². The molecule has 3 aromatic rings. The Kier molecular flexibility index (Phi) is 2.82. The zero-order valence-electron chi connectivity index (χ0n) is 11.7. The molecule has 0 fully saturated rings. The summed E-state index contributed by atoms with van der Waals surface area (Å²) in [6, 6.07) is 10.4. The third-order valence-electron chi connectivity index (χ3n) is 3.93. The first kappa shape index (κ1) is 12.6. The van der Waals surface area contributed by atoms with Crippen LogP contribution < -0.4 is 4.74 Å². The van der Waals surface area contributed by atoms with Gasteiger partial charge in [0.15, 0.2) is 10.4 Å². The van der Waals surface area contributed by atoms with Crippen LogP contribution in [0.15, 0.2) is 36.5 Å². The summed E-state index contributed by atoms with van der Waals surface area (Å²) in [7, 11) is 0. The molecule has 1 N–H and O–H groups in total. The van der Waals surface area contributed by atoms with Gasteiger partial charge in [-0.2, -0.15) is 0 Å². The highest BCUT2D eigenvalue weighted by atomic mass is 32.1. The van der Waals surface area contributed by atoms with Crippen LogP contribution in [0.5, 0.6) is 5.75 Å². The summed E-state index contributed by atoms with van der Waals surface area (Å²) in [4.78, 5) is 7.84. The Bertz CT molecular complexity index is 881. The van der Waals surface area contributed by atoms with Crippen molar-refractivity contribution in [2.24, 2.45) is 0 Å². The van der Waals surface area contributed by atoms with Crippen LogP contribution >= 0.6 is 12.2 Å². The normalized spacial score (nSPS) is 17.5. The van der Waals surface area contributed by atoms with E-state index < -0.39 is 0 Å². The first-order valence-corrected chi connectivity index (χ1v) is 7.43. The fourth-order valence-corrected chi connectivity index (χ4v) is 3.32. The summed E-state index contributed by atoms with van der Waals surface area (Å²) in [5.41, 5.74) is 4.19. The van der Waals surface area contributed by atoms with Crippen molar-refractivity contribution in [3.05, 3.63) is 52.4 Å². The average molecular weight is 297 g/mol. The van der Waals surface area contributed by atoms with Gasteiger partial charge < -0.3 is 9.72 Å². The lowest BCUT2D eigenvalue weighted by Crippen LogP contribution is -2.20. The first-order chi connectivity index (χ1) is 10.2. The van der Waals surface area contributed by atoms with Gasteiger partial charge in [0, 0.05) is 18.2 Å². The van der Waals surface area contributed by atoms with E-state index in [4.69, 9.17) is 17.0 Å². The zero-order chi connectivity index (χ0) is 14.4. The van der Waals surface area contributed by atoms with Gasteiger partial charge in [-0.25, -0.2) is 4.98 Å². The molecular formula is C16H15N3OS. The van der Waals surface area contributed by atoms with Crippen LogP contribution in [-0.2, 0) is 0 Å². The second-order valence-corrected chi connectivity index (χ2v) is 5.76. The molecule has 0 saturated heterocycles. The van der Waals surface area contributed by atoms with E-state index in [-0.39, 0.29) is 6.04 Å². The van der Waals surface area contributed by atoms with Gasteiger partial charge in [-0.3, -0.25) is 4.57 Å². The van der Waals surface area contributed by atoms with Crippen molar-refractivity contribution in [1.29, 1.82) is 0 Å². The molecule has 1 atom stereocenters. The maximum absolute atomic E-state index is 5.74. The number of aromatic nitrogens is 3. The molecule has 4 rings (SSSR count). The Hall–Kier alpha value is -2.14. The van der Waals surface area contributed by atoms with E-state index in [1.54, 1.807) is 0 Å². The Morgan fingerprint density at radius 2 is 2.24 bits per heavy atom. The first-order valence-electron chi connectivity index (χ1n) is 7.02. The van der Waals surface area contributed by atoms with Crippen LogP contribution in [0, 0.1) is 11.7 Å². The number of rotatable bonds is 1. The second-order valence-electron chi connectivity index (χ2n) is 5.37. The van der Waals surface area contributed by atoms with Crippen LogP contribution in [-0.4, -0.2) is 21.1 Å². The summed E-state index contributed by atoms with van der Waals surface area (Å²) >= 11 is 5.53. The molecule has 106 valence electrons. The summed E-state index contributed by atoms with van der Waals surface area (Å²) in [5.74, 6) is 0.942. The number of nitrogens with zero attached hydrogens (tertiary/aromatic N) is 2. The van der Waals surface area contributed by atoms with Crippen LogP contribution in [0.4, 0.5) is 0 Å². The number of nitrogens with one attached hydrogen (secondary N) is 1. The number of para-hydroxylation sites is 1. The molecule has 0 bridgehead atoms. The number of aromatic amines is 1. The highest BCUT2D eigenvalue weighted by Crippen LogP contribution is 2.36. The number of benzene rings is 1. The standard InChI is InChI=1S/C16H15N3OS/c1-10-8-12-15(17-9-10)19(16(21)18-12)13-6-7-20-14-5-3-2-4-11(13)14/h2-5,8-9,13H,6-7H2,1H3,(H,18,21). The Labute approximate surface area is 127 Å². The minimum absolute atomic E-state index is 0.173. The van der Waals surface area contributed by atoms with Crippen molar-refractivity contribution in [3.63, 3.8) is 0 Å². The molecule has 0 saturated carbocycles. The van der Waals surface area contributed by atoms with Gasteiger partial charge in [-0.05, 0) is 36.8 Å². The number of H-pyrrole nitrogens is 1. The Morgan fingerprint density at radius 1 is 1.38 bits per heavy atom. The molecule has 3 heterocycles. The van der Waals surface area contributed by atoms with Crippen molar-refractivity contribution >= 4 is 23.4 Å². The summed E-state index contributed by atoms with van der Waals surface area (Å²) < 4.78 is 8.57. The fourth-order valence-electron chi connectivity index (χ4n) is 3.00. The van der Waals surface area contributed by atoms with Crippen molar-refractivity contribution in [2.45, 2.75) is 19.4 Å². The van der Waals surface area contributed by atoms with Crippen LogP contribution in [0.25, 0.3) is 11.2 Å². The lowest BCUT2D eigenvalue weighted by atomic mass is 10.0. The highest BCUT2D eigenvalue weighted by Gasteiger charge is 2.25. The summed E-state index contributed by atoms with van der Waals surface area (Å²) in [5, 5.41) is 0. The molecule has 0 amide bonds. The predicted molar refractivity (Wildman–Crippen MR) is 84.3 cm³/mol. The lowest BCUT2D eigenvalue weighted by molar-refractivity contribution is 0.257. The Morgan fingerprint density at radius 3 is 3.14 bits per heavy atom. The summed E-state index contributed by atoms with van der Waals surface area (Å²) in [6.07, 6.45) is 2.78. The molecule has 1 unspecified atom stereocenters. The molecule has 21 heavy (non-hydrogen) atoms. The number of imidazole rings is 1. The van der Waals surface area contributed by atoms with Gasteiger partial charge in [-0.15, -0.1) is 0 Å². The molecule has 0 radical (unpaired) electrons. The van der Waals surface area contributed by atoms with E-state index in [9.17, 15) is 0 Å². The van der Waals surface area contributed by atoms with Gasteiger partial charge in [0.05, 0.1) is 18.2 Å². The van der Waals surface area contributed by atoms with E-state index in [1.807, 2.05) is 31.3 Å². The van der Waals surface area contributed by atoms with Gasteiger partial charge in [0.2, 0.25) is 0 Å². The highest BCUT2D eigenvalue weighted by molar-refractivity contribution is 7.71. The van der Waals surface area contributed by atoms with Crippen molar-refractivity contribution in [1.82, 2.24) is 14.5 Å². The molecule has 2 aromatic heterocycles. The average Bonchev–Trinajstić information content (AvgIpc) is 2.81. The molecule has 1 aliphatic heterocycles. The van der Waals surface area contributed by atoms with Crippen LogP contribution in [0.3, 0.4) is 0 Å². The topological polar surface area (TPSA) is 42.8 Å². The molecule has 0 spiro atoms. The van der Waals surface area contributed by atoms with E-state index in [0.717, 1.165) is 28.9 Å². The number of hydrogen-bond acceptors (Lipinski definition) is 3. The van der Waals surface area contributed by atoms with Crippen LogP contribution in [0.1, 0.15) is 23.6 Å². The molecule has 1 aliphatic rings. The Balaban J connectivity index is 1.96. The number of pyridine rings is 1. The smallest absolute Gasteiger partial charge is 0.179 e. The van der Waals surface area contributed by atoms with Crippen LogP contribution in [0.2, 0.25) is 0 Å². The third kappa shape index (κ3) is 1.96. The molecular weight excluding hydrogens is 282 g/mol. The lowest BCUT2D eigenvalue weighted by Gasteiger charge is -2.27. The monoisotopic (exact) mass is 297 g/mol. The van der Waals surface area contributed by atoms with E-state index >= 15 is 0 Å². The van der Waals surface area contributed by atoms with E-state index in [2.05, 4.69) is 26.7 Å². The van der Waals surface area contributed by atoms with Gasteiger partial charge in [0.25, 0.3) is 0 Å². The quantitative estimate of drug-likeness (QED) is 0.695. The maximum atomic E-state index is 5.74. The number of fused-ring (bicyclic) bond motifs is 2. The van der Waals surface area contributed by atoms with Crippen molar-refractivity contribution in [2.75, 3.05) is 6.61 Å². The molecule has 5 heteroatoms. The minimum atomic E-state index is 0.173. The molecule has 4 nitrogen and oxygen atoms in total. The fraction of sp³-hybridized carbons (Fsp3) is 0.250. The molecule has 0 aliphatic carbocycles. The maximum Gasteiger partial charge on any atom is 0.179 e. The molecule has 1 aromatic carbocycles. The van der Waals surface area contributed by atoms with Crippen molar-refractivity contribution in [3.8, 4) is 5.75 Å². The van der Waals surface area contributed by atoms with Gasteiger partial charge in [-0.1, -0.05) is 18.2 Å². The third-order valence-corrected chi connectivity index (χ3v) is 4.23. The predicted octanol–water partition coefficient (Wildman–Crippen LogP) is 3.77. The SMILES string of the molecule is Cc1cnc2c(c1)[nH]c(=S)n2C1CCOc2ccccc21. The second kappa shape index (κ2) is 4.70. The zero-order valence-corrected chi connectivity index (χ0v) is 12.5. The van der Waals surface area contributed by atoms with E-state index in [1.165, 1.54) is 5.56 Å². The number of aryl methyl sites for hydroxylation is 1. The number of ether oxygens (including phenoxy) is 1. The minimum Gasteiger partial charge on any atom is -0.493 e. The van der Waals surface area contributed by atoms with E-state index in [0.29, 0.717) is 11.4 Å². The number of hydrogen-bond donors (Lipinski definition) is 1. The van der Waals surface area contributed by atoms with Gasteiger partial charge in [0.1, 0.15) is 5.75 Å². The largest absolute Gasteiger partial charge is 0.493 e.